The quantitative estimate of drug-likeness (QED) is 0.777. The molecule has 0 fully saturated rings. The monoisotopic (exact) mass is 350 g/mol. The van der Waals surface area contributed by atoms with E-state index in [9.17, 15) is 18.0 Å². The minimum atomic E-state index is -4.50. The summed E-state index contributed by atoms with van der Waals surface area (Å²) in [6, 6.07) is 0.889. The van der Waals surface area contributed by atoms with E-state index in [1.807, 2.05) is 0 Å². The van der Waals surface area contributed by atoms with Gasteiger partial charge in [0, 0.05) is 10.7 Å². The molecule has 0 spiro atoms. The van der Waals surface area contributed by atoms with Gasteiger partial charge in [0.05, 0.1) is 17.9 Å². The topological polar surface area (TPSA) is 43.6 Å². The van der Waals surface area contributed by atoms with Crippen molar-refractivity contribution in [3.8, 4) is 0 Å². The first-order valence-electron chi connectivity index (χ1n) is 5.68. The smallest absolute Gasteiger partial charge is 0.417 e. The van der Waals surface area contributed by atoms with Crippen LogP contribution in [0.15, 0.2) is 16.7 Å². The number of hydrogen-bond donors (Lipinski definition) is 0. The highest BCUT2D eigenvalue weighted by molar-refractivity contribution is 9.10. The first-order chi connectivity index (χ1) is 9.25. The number of aromatic nitrogens is 2. The number of ether oxygens (including phenoxy) is 1. The van der Waals surface area contributed by atoms with Crippen molar-refractivity contribution < 1.29 is 22.7 Å². The minimum Gasteiger partial charge on any atom is -0.461 e. The fourth-order valence-electron chi connectivity index (χ4n) is 1.84. The molecule has 0 saturated heterocycles. The highest BCUT2D eigenvalue weighted by Gasteiger charge is 2.34. The Balaban J connectivity index is 2.67. The predicted octanol–water partition coefficient (Wildman–Crippen LogP) is 3.60. The molecule has 0 aliphatic rings. The average molecular weight is 351 g/mol. The second-order valence-corrected chi connectivity index (χ2v) is 4.88. The second-order valence-electron chi connectivity index (χ2n) is 4.03. The zero-order chi connectivity index (χ0) is 15.1. The molecule has 0 aliphatic heterocycles. The number of fused-ring (bicyclic) bond motifs is 1. The van der Waals surface area contributed by atoms with Crippen molar-refractivity contribution in [3.05, 3.63) is 33.7 Å². The van der Waals surface area contributed by atoms with E-state index in [0.717, 1.165) is 6.07 Å². The van der Waals surface area contributed by atoms with Crippen molar-refractivity contribution in [2.24, 2.45) is 0 Å². The molecule has 4 nitrogen and oxygen atoms in total. The van der Waals surface area contributed by atoms with E-state index in [4.69, 9.17) is 4.74 Å². The molecular formula is C12H10BrF3N2O2. The summed E-state index contributed by atoms with van der Waals surface area (Å²) < 4.78 is 44.4. The molecule has 108 valence electrons. The lowest BCUT2D eigenvalue weighted by Crippen LogP contribution is -2.11. The summed E-state index contributed by atoms with van der Waals surface area (Å²) >= 11 is 2.86. The Morgan fingerprint density at radius 3 is 2.70 bits per heavy atom. The van der Waals surface area contributed by atoms with Crippen molar-refractivity contribution in [1.82, 2.24) is 9.38 Å². The number of halogens is 4. The van der Waals surface area contributed by atoms with Crippen molar-refractivity contribution in [1.29, 1.82) is 0 Å². The van der Waals surface area contributed by atoms with Gasteiger partial charge < -0.3 is 4.74 Å². The molecule has 0 atom stereocenters. The third-order valence-electron chi connectivity index (χ3n) is 2.66. The molecule has 0 radical (unpaired) electrons. The van der Waals surface area contributed by atoms with Gasteiger partial charge in [0.2, 0.25) is 0 Å². The minimum absolute atomic E-state index is 0.0427. The Kier molecular flexibility index (Phi) is 3.77. The number of rotatable bonds is 2. The largest absolute Gasteiger partial charge is 0.461 e. The van der Waals surface area contributed by atoms with Gasteiger partial charge in [0.15, 0.2) is 5.69 Å². The van der Waals surface area contributed by atoms with Crippen LogP contribution in [0.25, 0.3) is 5.65 Å². The van der Waals surface area contributed by atoms with Crippen LogP contribution in [-0.4, -0.2) is 22.0 Å². The molecule has 2 aromatic rings. The third-order valence-corrected chi connectivity index (χ3v) is 3.29. The van der Waals surface area contributed by atoms with E-state index in [0.29, 0.717) is 5.69 Å². The van der Waals surface area contributed by atoms with Crippen molar-refractivity contribution in [2.45, 2.75) is 20.0 Å². The van der Waals surface area contributed by atoms with Crippen LogP contribution in [0.3, 0.4) is 0 Å². The zero-order valence-corrected chi connectivity index (χ0v) is 12.2. The summed E-state index contributed by atoms with van der Waals surface area (Å²) in [5.41, 5.74) is -0.363. The van der Waals surface area contributed by atoms with Crippen LogP contribution in [0, 0.1) is 6.92 Å². The fourth-order valence-corrected chi connectivity index (χ4v) is 2.39. The number of imidazole rings is 1. The Bertz CT molecular complexity index is 679. The number of esters is 1. The molecule has 0 amide bonds. The standard InChI is InChI=1S/C12H10BrF3N2O2/c1-3-20-11(19)10-6(2)17-9-4-7(12(14,15)16)8(13)5-18(9)10/h4-5H,3H2,1-2H3. The van der Waals surface area contributed by atoms with Crippen LogP contribution >= 0.6 is 15.9 Å². The number of alkyl halides is 3. The Morgan fingerprint density at radius 2 is 2.15 bits per heavy atom. The molecule has 2 aromatic heterocycles. The molecule has 0 aromatic carbocycles. The number of carbonyl (C=O) groups is 1. The normalized spacial score (nSPS) is 11.9. The van der Waals surface area contributed by atoms with Crippen LogP contribution in [0.5, 0.6) is 0 Å². The maximum atomic E-state index is 12.8. The van der Waals surface area contributed by atoms with Crippen LogP contribution in [0.1, 0.15) is 28.7 Å². The van der Waals surface area contributed by atoms with Gasteiger partial charge >= 0.3 is 12.1 Å². The van der Waals surface area contributed by atoms with Crippen LogP contribution in [0.4, 0.5) is 13.2 Å². The number of aryl methyl sites for hydroxylation is 1. The molecule has 2 heterocycles. The molecule has 2 rings (SSSR count). The number of pyridine rings is 1. The van der Waals surface area contributed by atoms with Gasteiger partial charge in [-0.1, -0.05) is 0 Å². The summed E-state index contributed by atoms with van der Waals surface area (Å²) in [6.45, 7) is 3.36. The van der Waals surface area contributed by atoms with Gasteiger partial charge in [0.25, 0.3) is 0 Å². The average Bonchev–Trinajstić information content (AvgIpc) is 2.62. The number of nitrogens with zero attached hydrogens (tertiary/aromatic N) is 2. The molecule has 8 heteroatoms. The first kappa shape index (κ1) is 14.8. The molecule has 0 saturated carbocycles. The van der Waals surface area contributed by atoms with E-state index < -0.39 is 17.7 Å². The fraction of sp³-hybridized carbons (Fsp3) is 0.333. The lowest BCUT2D eigenvalue weighted by Gasteiger charge is -2.10. The molecule has 0 aliphatic carbocycles. The summed E-state index contributed by atoms with van der Waals surface area (Å²) in [7, 11) is 0. The highest BCUT2D eigenvalue weighted by Crippen LogP contribution is 2.35. The summed E-state index contributed by atoms with van der Waals surface area (Å²) in [5.74, 6) is -0.621. The van der Waals surface area contributed by atoms with Gasteiger partial charge in [-0.25, -0.2) is 9.78 Å². The number of hydrogen-bond acceptors (Lipinski definition) is 3. The van der Waals surface area contributed by atoms with Gasteiger partial charge in [0.1, 0.15) is 5.65 Å². The Labute approximate surface area is 120 Å². The summed E-state index contributed by atoms with van der Waals surface area (Å²) in [4.78, 5) is 15.8. The van der Waals surface area contributed by atoms with Gasteiger partial charge in [-0.2, -0.15) is 13.2 Å². The Morgan fingerprint density at radius 1 is 1.50 bits per heavy atom. The van der Waals surface area contributed by atoms with E-state index in [2.05, 4.69) is 20.9 Å². The van der Waals surface area contributed by atoms with E-state index in [1.165, 1.54) is 10.6 Å². The predicted molar refractivity (Wildman–Crippen MR) is 68.6 cm³/mol. The van der Waals surface area contributed by atoms with Gasteiger partial charge in [-0.3, -0.25) is 4.40 Å². The molecule has 0 unspecified atom stereocenters. The SMILES string of the molecule is CCOC(=O)c1c(C)nc2cc(C(F)(F)F)c(Br)cn12. The molecule has 20 heavy (non-hydrogen) atoms. The lowest BCUT2D eigenvalue weighted by atomic mass is 10.2. The van der Waals surface area contributed by atoms with Gasteiger partial charge in [-0.15, -0.1) is 0 Å². The van der Waals surface area contributed by atoms with Crippen molar-refractivity contribution in [2.75, 3.05) is 6.61 Å². The van der Waals surface area contributed by atoms with Crippen LogP contribution in [-0.2, 0) is 10.9 Å². The lowest BCUT2D eigenvalue weighted by molar-refractivity contribution is -0.138. The maximum absolute atomic E-state index is 12.8. The third kappa shape index (κ3) is 2.52. The molecule has 0 N–H and O–H groups in total. The van der Waals surface area contributed by atoms with Gasteiger partial charge in [-0.05, 0) is 35.8 Å². The summed E-state index contributed by atoms with van der Waals surface area (Å²) in [5, 5.41) is 0. The molecule has 0 bridgehead atoms. The zero-order valence-electron chi connectivity index (χ0n) is 10.6. The number of carbonyl (C=O) groups excluding carboxylic acids is 1. The van der Waals surface area contributed by atoms with E-state index in [1.54, 1.807) is 13.8 Å². The van der Waals surface area contributed by atoms with Crippen LogP contribution < -0.4 is 0 Å². The van der Waals surface area contributed by atoms with Crippen LogP contribution in [0.2, 0.25) is 0 Å². The summed E-state index contributed by atoms with van der Waals surface area (Å²) in [6.07, 6.45) is -3.32. The van der Waals surface area contributed by atoms with E-state index >= 15 is 0 Å². The second kappa shape index (κ2) is 5.08. The van der Waals surface area contributed by atoms with E-state index in [-0.39, 0.29) is 22.4 Å². The highest BCUT2D eigenvalue weighted by atomic mass is 79.9. The first-order valence-corrected chi connectivity index (χ1v) is 6.47. The van der Waals surface area contributed by atoms with Crippen molar-refractivity contribution >= 4 is 27.5 Å². The Hall–Kier alpha value is -1.57. The maximum Gasteiger partial charge on any atom is 0.417 e. The molecular weight excluding hydrogens is 341 g/mol. The van der Waals surface area contributed by atoms with Crippen molar-refractivity contribution in [3.63, 3.8) is 0 Å².